The molecule has 0 saturated carbocycles. The quantitative estimate of drug-likeness (QED) is 0.696. The fraction of sp³-hybridized carbons (Fsp3) is 0.0769. The minimum atomic E-state index is -1.01. The van der Waals surface area contributed by atoms with Gasteiger partial charge in [-0.15, -0.1) is 0 Å². The number of aromatic hydroxyl groups is 1. The van der Waals surface area contributed by atoms with Crippen molar-refractivity contribution in [2.24, 2.45) is 0 Å². The molecule has 0 radical (unpaired) electrons. The molecule has 1 atom stereocenters. The summed E-state index contributed by atoms with van der Waals surface area (Å²) in [7, 11) is 0. The minimum Gasteiger partial charge on any atom is -0.508 e. The van der Waals surface area contributed by atoms with Crippen molar-refractivity contribution in [3.8, 4) is 5.75 Å². The highest BCUT2D eigenvalue weighted by molar-refractivity contribution is 5.51. The highest BCUT2D eigenvalue weighted by Crippen LogP contribution is 2.28. The molecule has 0 aliphatic heterocycles. The van der Waals surface area contributed by atoms with Crippen LogP contribution in [0.3, 0.4) is 0 Å². The first-order chi connectivity index (χ1) is 8.09. The average Bonchev–Trinajstić information content (AvgIpc) is 2.33. The number of halogens is 1. The van der Waals surface area contributed by atoms with Gasteiger partial charge in [0.05, 0.1) is 5.69 Å². The number of phenols is 1. The van der Waals surface area contributed by atoms with Crippen LogP contribution in [-0.4, -0.2) is 10.2 Å². The topological polar surface area (TPSA) is 66.5 Å². The predicted molar refractivity (Wildman–Crippen MR) is 63.0 cm³/mol. The molecule has 0 aliphatic rings. The van der Waals surface area contributed by atoms with E-state index in [0.717, 1.165) is 0 Å². The Balaban J connectivity index is 2.40. The Kier molecular flexibility index (Phi) is 2.97. The number of para-hydroxylation sites is 1. The van der Waals surface area contributed by atoms with Crippen LogP contribution in [0.25, 0.3) is 0 Å². The lowest BCUT2D eigenvalue weighted by Crippen LogP contribution is -2.05. The van der Waals surface area contributed by atoms with Crippen LogP contribution in [0.2, 0.25) is 0 Å². The van der Waals surface area contributed by atoms with E-state index < -0.39 is 11.9 Å². The highest BCUT2D eigenvalue weighted by atomic mass is 19.1. The standard InChI is InChI=1S/C13H12FNO2/c14-11-3-1-2-10(12(11)15)13(17)8-4-6-9(16)7-5-8/h1-7,13,16-17H,15H2. The first-order valence-electron chi connectivity index (χ1n) is 5.10. The van der Waals surface area contributed by atoms with Gasteiger partial charge in [0.15, 0.2) is 0 Å². The Morgan fingerprint density at radius 1 is 1.06 bits per heavy atom. The van der Waals surface area contributed by atoms with Gasteiger partial charge in [-0.2, -0.15) is 0 Å². The Hall–Kier alpha value is -2.07. The third-order valence-corrected chi connectivity index (χ3v) is 2.59. The summed E-state index contributed by atoms with van der Waals surface area (Å²) in [6, 6.07) is 10.3. The first-order valence-corrected chi connectivity index (χ1v) is 5.10. The van der Waals surface area contributed by atoms with E-state index in [4.69, 9.17) is 10.8 Å². The molecular weight excluding hydrogens is 221 g/mol. The molecule has 3 nitrogen and oxygen atoms in total. The number of nitrogens with two attached hydrogens (primary N) is 1. The molecule has 0 bridgehead atoms. The second-order valence-corrected chi connectivity index (χ2v) is 3.74. The van der Waals surface area contributed by atoms with E-state index in [9.17, 15) is 9.50 Å². The molecule has 2 aromatic rings. The Labute approximate surface area is 97.9 Å². The molecule has 4 N–H and O–H groups in total. The third kappa shape index (κ3) is 2.21. The molecule has 2 aromatic carbocycles. The normalized spacial score (nSPS) is 12.4. The summed E-state index contributed by atoms with van der Waals surface area (Å²) in [6.07, 6.45) is -1.01. The van der Waals surface area contributed by atoms with E-state index in [1.165, 1.54) is 24.3 Å². The maximum Gasteiger partial charge on any atom is 0.146 e. The second kappa shape index (κ2) is 4.43. The van der Waals surface area contributed by atoms with Gasteiger partial charge in [-0.1, -0.05) is 24.3 Å². The molecule has 1 unspecified atom stereocenters. The van der Waals surface area contributed by atoms with Crippen LogP contribution >= 0.6 is 0 Å². The van der Waals surface area contributed by atoms with Crippen LogP contribution in [0.4, 0.5) is 10.1 Å². The van der Waals surface area contributed by atoms with Crippen molar-refractivity contribution < 1.29 is 14.6 Å². The van der Waals surface area contributed by atoms with Crippen molar-refractivity contribution in [1.82, 2.24) is 0 Å². The van der Waals surface area contributed by atoms with E-state index in [1.807, 2.05) is 0 Å². The molecule has 0 saturated heterocycles. The summed E-state index contributed by atoms with van der Waals surface area (Å²) >= 11 is 0. The van der Waals surface area contributed by atoms with Crippen LogP contribution in [0.15, 0.2) is 42.5 Å². The first kappa shape index (κ1) is 11.4. The van der Waals surface area contributed by atoms with Crippen molar-refractivity contribution >= 4 is 5.69 Å². The van der Waals surface area contributed by atoms with Gasteiger partial charge in [0.2, 0.25) is 0 Å². The maximum absolute atomic E-state index is 13.2. The fourth-order valence-electron chi connectivity index (χ4n) is 1.63. The van der Waals surface area contributed by atoms with Gasteiger partial charge in [-0.25, -0.2) is 4.39 Å². The van der Waals surface area contributed by atoms with E-state index in [-0.39, 0.29) is 11.4 Å². The third-order valence-electron chi connectivity index (χ3n) is 2.59. The molecule has 88 valence electrons. The average molecular weight is 233 g/mol. The predicted octanol–water partition coefficient (Wildman–Crippen LogP) is 2.20. The molecule has 4 heteroatoms. The van der Waals surface area contributed by atoms with E-state index >= 15 is 0 Å². The van der Waals surface area contributed by atoms with Crippen molar-refractivity contribution in [3.05, 3.63) is 59.4 Å². The lowest BCUT2D eigenvalue weighted by Gasteiger charge is -2.14. The van der Waals surface area contributed by atoms with E-state index in [0.29, 0.717) is 11.1 Å². The van der Waals surface area contributed by atoms with Crippen LogP contribution in [0.1, 0.15) is 17.2 Å². The molecule has 0 fully saturated rings. The van der Waals surface area contributed by atoms with Crippen molar-refractivity contribution in [1.29, 1.82) is 0 Å². The Morgan fingerprint density at radius 2 is 1.71 bits per heavy atom. The number of anilines is 1. The molecule has 0 heterocycles. The molecule has 0 aromatic heterocycles. The minimum absolute atomic E-state index is 0.0620. The van der Waals surface area contributed by atoms with Gasteiger partial charge in [-0.05, 0) is 23.8 Å². The lowest BCUT2D eigenvalue weighted by atomic mass is 10.00. The number of hydrogen-bond donors (Lipinski definition) is 3. The van der Waals surface area contributed by atoms with Gasteiger partial charge in [-0.3, -0.25) is 0 Å². The van der Waals surface area contributed by atoms with Gasteiger partial charge in [0.25, 0.3) is 0 Å². The molecule has 0 spiro atoms. The summed E-state index contributed by atoms with van der Waals surface area (Å²) in [4.78, 5) is 0. The SMILES string of the molecule is Nc1c(F)cccc1C(O)c1ccc(O)cc1. The summed E-state index contributed by atoms with van der Waals surface area (Å²) < 4.78 is 13.2. The summed E-state index contributed by atoms with van der Waals surface area (Å²) in [6.45, 7) is 0. The molecule has 0 aliphatic carbocycles. The largest absolute Gasteiger partial charge is 0.508 e. The van der Waals surface area contributed by atoms with Crippen molar-refractivity contribution in [2.45, 2.75) is 6.10 Å². The van der Waals surface area contributed by atoms with E-state index in [1.54, 1.807) is 18.2 Å². The molecule has 17 heavy (non-hydrogen) atoms. The number of phenolic OH excluding ortho intramolecular Hbond substituents is 1. The zero-order valence-corrected chi connectivity index (χ0v) is 8.97. The second-order valence-electron chi connectivity index (χ2n) is 3.74. The van der Waals surface area contributed by atoms with Crippen molar-refractivity contribution in [2.75, 3.05) is 5.73 Å². The van der Waals surface area contributed by atoms with Gasteiger partial charge < -0.3 is 15.9 Å². The van der Waals surface area contributed by atoms with E-state index in [2.05, 4.69) is 0 Å². The lowest BCUT2D eigenvalue weighted by molar-refractivity contribution is 0.220. The Morgan fingerprint density at radius 3 is 2.35 bits per heavy atom. The zero-order valence-electron chi connectivity index (χ0n) is 8.97. The van der Waals surface area contributed by atoms with Crippen LogP contribution in [0, 0.1) is 5.82 Å². The van der Waals surface area contributed by atoms with Crippen molar-refractivity contribution in [3.63, 3.8) is 0 Å². The number of nitrogen functional groups attached to an aromatic ring is 1. The molecule has 0 amide bonds. The fourth-order valence-corrected chi connectivity index (χ4v) is 1.63. The summed E-state index contributed by atoms with van der Waals surface area (Å²) in [5, 5.41) is 19.2. The number of aliphatic hydroxyl groups is 1. The Bertz CT molecular complexity index is 525. The maximum atomic E-state index is 13.2. The number of hydrogen-bond acceptors (Lipinski definition) is 3. The molecular formula is C13H12FNO2. The molecule has 2 rings (SSSR count). The van der Waals surface area contributed by atoms with Crippen LogP contribution in [0.5, 0.6) is 5.75 Å². The monoisotopic (exact) mass is 233 g/mol. The summed E-state index contributed by atoms with van der Waals surface area (Å²) in [5.74, 6) is -0.450. The number of rotatable bonds is 2. The van der Waals surface area contributed by atoms with Gasteiger partial charge >= 0.3 is 0 Å². The highest BCUT2D eigenvalue weighted by Gasteiger charge is 2.15. The van der Waals surface area contributed by atoms with Crippen LogP contribution in [-0.2, 0) is 0 Å². The number of aliphatic hydroxyl groups excluding tert-OH is 1. The van der Waals surface area contributed by atoms with Crippen LogP contribution < -0.4 is 5.73 Å². The summed E-state index contributed by atoms with van der Waals surface area (Å²) in [5.41, 5.74) is 6.36. The zero-order chi connectivity index (χ0) is 12.4. The number of benzene rings is 2. The van der Waals surface area contributed by atoms with Gasteiger partial charge in [0.1, 0.15) is 17.7 Å². The van der Waals surface area contributed by atoms with Gasteiger partial charge in [0, 0.05) is 5.56 Å². The smallest absolute Gasteiger partial charge is 0.146 e.